The van der Waals surface area contributed by atoms with Gasteiger partial charge in [-0.1, -0.05) is 12.1 Å². The number of fused-ring (bicyclic) bond motifs is 1. The first-order valence-electron chi connectivity index (χ1n) is 5.26. The van der Waals surface area contributed by atoms with E-state index in [2.05, 4.69) is 0 Å². The number of benzene rings is 1. The predicted octanol–water partition coefficient (Wildman–Crippen LogP) is 2.06. The van der Waals surface area contributed by atoms with Gasteiger partial charge in [0, 0.05) is 19.5 Å². The number of nitrogens with zero attached hydrogens (tertiary/aromatic N) is 1. The average molecular weight is 231 g/mol. The fourth-order valence-corrected chi connectivity index (χ4v) is 1.73. The molecular weight excluding hydrogens is 218 g/mol. The first kappa shape index (κ1) is 11.4. The van der Waals surface area contributed by atoms with Crippen molar-refractivity contribution in [2.75, 3.05) is 19.0 Å². The van der Waals surface area contributed by atoms with Crippen molar-refractivity contribution in [3.05, 3.63) is 40.2 Å². The van der Waals surface area contributed by atoms with Crippen molar-refractivity contribution in [2.45, 2.75) is 6.92 Å². The van der Waals surface area contributed by atoms with Crippen LogP contribution < -0.4 is 10.5 Å². The van der Waals surface area contributed by atoms with Crippen LogP contribution in [0.15, 0.2) is 33.5 Å². The first-order valence-corrected chi connectivity index (χ1v) is 5.26. The number of hydrogen-bond donors (Lipinski definition) is 0. The van der Waals surface area contributed by atoms with Crippen LogP contribution in [0.3, 0.4) is 0 Å². The van der Waals surface area contributed by atoms with E-state index >= 15 is 0 Å². The Morgan fingerprint density at radius 2 is 2.00 bits per heavy atom. The van der Waals surface area contributed by atoms with E-state index in [1.54, 1.807) is 6.07 Å². The molecule has 0 atom stereocenters. The Hall–Kier alpha value is -2.10. The zero-order valence-corrected chi connectivity index (χ0v) is 9.98. The Balaban J connectivity index is 2.83. The molecule has 4 heteroatoms. The average Bonchev–Trinajstić information content (AvgIpc) is 2.26. The van der Waals surface area contributed by atoms with Crippen LogP contribution in [0.2, 0.25) is 0 Å². The number of ketones is 1. The minimum Gasteiger partial charge on any atom is -0.420 e. The topological polar surface area (TPSA) is 50.5 Å². The zero-order valence-electron chi connectivity index (χ0n) is 9.98. The van der Waals surface area contributed by atoms with Gasteiger partial charge in [0.05, 0.1) is 5.69 Å². The lowest BCUT2D eigenvalue weighted by Gasteiger charge is -2.13. The highest BCUT2D eigenvalue weighted by Gasteiger charge is 2.12. The number of hydrogen-bond acceptors (Lipinski definition) is 4. The molecular formula is C13H13NO3. The molecule has 0 aliphatic heterocycles. The molecule has 2 rings (SSSR count). The van der Waals surface area contributed by atoms with Crippen molar-refractivity contribution in [1.29, 1.82) is 0 Å². The maximum atomic E-state index is 11.6. The number of rotatable bonds is 2. The van der Waals surface area contributed by atoms with E-state index in [-0.39, 0.29) is 11.3 Å². The minimum absolute atomic E-state index is 0.0911. The molecule has 0 saturated heterocycles. The van der Waals surface area contributed by atoms with Crippen LogP contribution >= 0.6 is 0 Å². The van der Waals surface area contributed by atoms with Crippen LogP contribution in [0, 0.1) is 0 Å². The van der Waals surface area contributed by atoms with E-state index in [0.717, 1.165) is 11.1 Å². The van der Waals surface area contributed by atoms with Gasteiger partial charge in [0.15, 0.2) is 11.4 Å². The molecule has 1 heterocycles. The van der Waals surface area contributed by atoms with Crippen LogP contribution in [-0.2, 0) is 0 Å². The lowest BCUT2D eigenvalue weighted by molar-refractivity contribution is 0.101. The Morgan fingerprint density at radius 1 is 1.29 bits per heavy atom. The third-order valence-electron chi connectivity index (χ3n) is 2.60. The van der Waals surface area contributed by atoms with Gasteiger partial charge in [-0.25, -0.2) is 4.79 Å². The second-order valence-corrected chi connectivity index (χ2v) is 4.09. The van der Waals surface area contributed by atoms with E-state index in [1.165, 1.54) is 6.92 Å². The number of para-hydroxylation sites is 1. The van der Waals surface area contributed by atoms with Crippen molar-refractivity contribution in [3.8, 4) is 0 Å². The van der Waals surface area contributed by atoms with Crippen molar-refractivity contribution < 1.29 is 9.21 Å². The molecule has 4 nitrogen and oxygen atoms in total. The third-order valence-corrected chi connectivity index (χ3v) is 2.60. The van der Waals surface area contributed by atoms with Gasteiger partial charge < -0.3 is 9.32 Å². The maximum absolute atomic E-state index is 11.6. The molecule has 0 N–H and O–H groups in total. The molecule has 0 saturated carbocycles. The van der Waals surface area contributed by atoms with Crippen molar-refractivity contribution >= 4 is 22.4 Å². The van der Waals surface area contributed by atoms with Gasteiger partial charge >= 0.3 is 5.63 Å². The molecule has 0 fully saturated rings. The Morgan fingerprint density at radius 3 is 2.59 bits per heavy atom. The van der Waals surface area contributed by atoms with E-state index in [0.29, 0.717) is 5.58 Å². The first-order chi connectivity index (χ1) is 8.00. The largest absolute Gasteiger partial charge is 0.420 e. The summed E-state index contributed by atoms with van der Waals surface area (Å²) in [6.07, 6.45) is 0. The van der Waals surface area contributed by atoms with Crippen LogP contribution in [0.1, 0.15) is 17.3 Å². The van der Waals surface area contributed by atoms with Crippen molar-refractivity contribution in [1.82, 2.24) is 0 Å². The summed E-state index contributed by atoms with van der Waals surface area (Å²) >= 11 is 0. The van der Waals surface area contributed by atoms with Crippen molar-refractivity contribution in [3.63, 3.8) is 0 Å². The SMILES string of the molecule is CC(=O)c1cc2cccc(N(C)C)c2oc1=O. The van der Waals surface area contributed by atoms with Gasteiger partial charge in [-0.05, 0) is 19.1 Å². The summed E-state index contributed by atoms with van der Waals surface area (Å²) in [4.78, 5) is 24.8. The normalized spacial score (nSPS) is 10.5. The smallest absolute Gasteiger partial charge is 0.347 e. The highest BCUT2D eigenvalue weighted by Crippen LogP contribution is 2.24. The molecule has 0 aliphatic rings. The molecule has 0 bridgehead atoms. The standard InChI is InChI=1S/C13H13NO3/c1-8(15)10-7-9-5-4-6-11(14(2)3)12(9)17-13(10)16/h4-7H,1-3H3. The zero-order chi connectivity index (χ0) is 12.6. The van der Waals surface area contributed by atoms with E-state index in [4.69, 9.17) is 4.42 Å². The fraction of sp³-hybridized carbons (Fsp3) is 0.231. The Kier molecular flexibility index (Phi) is 2.71. The predicted molar refractivity (Wildman–Crippen MR) is 66.8 cm³/mol. The molecule has 17 heavy (non-hydrogen) atoms. The second kappa shape index (κ2) is 4.05. The Bertz CT molecular complexity index is 641. The molecule has 0 radical (unpaired) electrons. The van der Waals surface area contributed by atoms with Crippen LogP contribution in [0.5, 0.6) is 0 Å². The van der Waals surface area contributed by atoms with E-state index in [1.807, 2.05) is 37.2 Å². The number of Topliss-reactive ketones (excluding diaryl/α,β-unsaturated/α-hetero) is 1. The summed E-state index contributed by atoms with van der Waals surface area (Å²) in [6, 6.07) is 7.12. The lowest BCUT2D eigenvalue weighted by atomic mass is 10.1. The van der Waals surface area contributed by atoms with E-state index in [9.17, 15) is 9.59 Å². The van der Waals surface area contributed by atoms with Gasteiger partial charge in [0.2, 0.25) is 0 Å². The van der Waals surface area contributed by atoms with Gasteiger partial charge in [-0.2, -0.15) is 0 Å². The molecule has 1 aromatic heterocycles. The van der Waals surface area contributed by atoms with Gasteiger partial charge in [0.1, 0.15) is 5.56 Å². The van der Waals surface area contributed by atoms with Crippen LogP contribution in [0.4, 0.5) is 5.69 Å². The molecule has 0 unspecified atom stereocenters. The summed E-state index contributed by atoms with van der Waals surface area (Å²) in [5.74, 6) is -0.282. The monoisotopic (exact) mass is 231 g/mol. The molecule has 88 valence electrons. The van der Waals surface area contributed by atoms with Crippen LogP contribution in [-0.4, -0.2) is 19.9 Å². The number of carbonyl (C=O) groups is 1. The summed E-state index contributed by atoms with van der Waals surface area (Å²) in [5.41, 5.74) is 0.829. The summed E-state index contributed by atoms with van der Waals surface area (Å²) in [5, 5.41) is 0.751. The van der Waals surface area contributed by atoms with Gasteiger partial charge in [0.25, 0.3) is 0 Å². The summed E-state index contributed by atoms with van der Waals surface area (Å²) in [6.45, 7) is 1.36. The molecule has 2 aromatic rings. The molecule has 0 aliphatic carbocycles. The van der Waals surface area contributed by atoms with Crippen LogP contribution in [0.25, 0.3) is 11.0 Å². The number of anilines is 1. The maximum Gasteiger partial charge on any atom is 0.347 e. The molecule has 1 aromatic carbocycles. The fourth-order valence-electron chi connectivity index (χ4n) is 1.73. The minimum atomic E-state index is -0.584. The van der Waals surface area contributed by atoms with E-state index < -0.39 is 5.63 Å². The molecule has 0 amide bonds. The quantitative estimate of drug-likeness (QED) is 0.586. The highest BCUT2D eigenvalue weighted by molar-refractivity contribution is 5.98. The van der Waals surface area contributed by atoms with Gasteiger partial charge in [-0.15, -0.1) is 0 Å². The lowest BCUT2D eigenvalue weighted by Crippen LogP contribution is -2.13. The highest BCUT2D eigenvalue weighted by atomic mass is 16.4. The molecule has 0 spiro atoms. The number of carbonyl (C=O) groups excluding carboxylic acids is 1. The Labute approximate surface area is 98.5 Å². The summed E-state index contributed by atoms with van der Waals surface area (Å²) in [7, 11) is 3.74. The van der Waals surface area contributed by atoms with Gasteiger partial charge in [-0.3, -0.25) is 4.79 Å². The second-order valence-electron chi connectivity index (χ2n) is 4.09. The van der Waals surface area contributed by atoms with Crippen molar-refractivity contribution in [2.24, 2.45) is 0 Å². The third kappa shape index (κ3) is 1.93. The summed E-state index contributed by atoms with van der Waals surface area (Å²) < 4.78 is 5.23.